The molecule has 3 aromatic rings. The Balaban J connectivity index is 1.50. The number of benzene rings is 1. The lowest BCUT2D eigenvalue weighted by atomic mass is 10.0. The van der Waals surface area contributed by atoms with Gasteiger partial charge in [-0.3, -0.25) is 9.40 Å². The molecule has 0 amide bonds. The predicted octanol–water partition coefficient (Wildman–Crippen LogP) is 3.66. The molecule has 0 saturated carbocycles. The standard InChI is InChI=1S/C22H29N7OS/c1-15-10-16(4-5-17(15)11-26-31-3)20-13-24-21(23)22(27-20)30-19-12-25-29(14-19)18-6-8-28(2)9-7-18/h4-5,10,12-14,18,26H,6-9,11H2,1-3H3,(H2,23,24). The zero-order valence-electron chi connectivity index (χ0n) is 18.2. The van der Waals surface area contributed by atoms with Gasteiger partial charge in [-0.1, -0.05) is 24.1 Å². The van der Waals surface area contributed by atoms with E-state index in [0.717, 1.165) is 43.7 Å². The molecular weight excluding hydrogens is 410 g/mol. The van der Waals surface area contributed by atoms with Crippen molar-refractivity contribution in [1.82, 2.24) is 29.4 Å². The number of nitrogens with one attached hydrogen (secondary N) is 1. The Morgan fingerprint density at radius 1 is 1.26 bits per heavy atom. The van der Waals surface area contributed by atoms with Crippen molar-refractivity contribution >= 4 is 17.8 Å². The molecule has 0 aliphatic carbocycles. The van der Waals surface area contributed by atoms with Crippen LogP contribution in [0.4, 0.5) is 5.82 Å². The van der Waals surface area contributed by atoms with E-state index in [1.54, 1.807) is 24.3 Å². The van der Waals surface area contributed by atoms with Crippen LogP contribution in [0, 0.1) is 6.92 Å². The molecule has 1 saturated heterocycles. The minimum Gasteiger partial charge on any atom is -0.433 e. The van der Waals surface area contributed by atoms with Gasteiger partial charge in [0, 0.05) is 12.1 Å². The second kappa shape index (κ2) is 9.67. The summed E-state index contributed by atoms with van der Waals surface area (Å²) in [6.45, 7) is 5.07. The van der Waals surface area contributed by atoms with Gasteiger partial charge in [0.25, 0.3) is 5.88 Å². The van der Waals surface area contributed by atoms with E-state index in [2.05, 4.69) is 50.8 Å². The molecule has 8 nitrogen and oxygen atoms in total. The normalized spacial score (nSPS) is 15.3. The van der Waals surface area contributed by atoms with E-state index >= 15 is 0 Å². The first kappa shape index (κ1) is 21.6. The van der Waals surface area contributed by atoms with Gasteiger partial charge in [-0.15, -0.1) is 0 Å². The molecule has 1 aromatic carbocycles. The Labute approximate surface area is 187 Å². The van der Waals surface area contributed by atoms with E-state index in [0.29, 0.717) is 17.7 Å². The third-order valence-electron chi connectivity index (χ3n) is 5.67. The monoisotopic (exact) mass is 439 g/mol. The summed E-state index contributed by atoms with van der Waals surface area (Å²) >= 11 is 1.61. The summed E-state index contributed by atoms with van der Waals surface area (Å²) in [6, 6.07) is 6.66. The number of aryl methyl sites for hydroxylation is 1. The number of ether oxygens (including phenoxy) is 1. The lowest BCUT2D eigenvalue weighted by Crippen LogP contribution is -2.31. The van der Waals surface area contributed by atoms with Gasteiger partial charge in [0.15, 0.2) is 11.6 Å². The maximum atomic E-state index is 6.05. The Kier molecular flexibility index (Phi) is 6.74. The SMILES string of the molecule is CSNCc1ccc(-c2cnc(N)c(Oc3cnn(C4CCN(C)CC4)c3)n2)cc1C. The minimum absolute atomic E-state index is 0.258. The first-order valence-corrected chi connectivity index (χ1v) is 11.6. The van der Waals surface area contributed by atoms with Gasteiger partial charge in [0.2, 0.25) is 0 Å². The minimum atomic E-state index is 0.258. The van der Waals surface area contributed by atoms with Crippen LogP contribution in [-0.2, 0) is 6.54 Å². The predicted molar refractivity (Wildman–Crippen MR) is 125 cm³/mol. The van der Waals surface area contributed by atoms with Crippen LogP contribution in [0.1, 0.15) is 30.0 Å². The molecule has 4 rings (SSSR count). The number of piperidine rings is 1. The van der Waals surface area contributed by atoms with Crippen LogP contribution in [-0.4, -0.2) is 51.0 Å². The number of nitrogen functional groups attached to an aromatic ring is 1. The Bertz CT molecular complexity index is 1030. The molecule has 1 fully saturated rings. The average molecular weight is 440 g/mol. The molecule has 31 heavy (non-hydrogen) atoms. The van der Waals surface area contributed by atoms with Crippen LogP contribution in [0.2, 0.25) is 0 Å². The summed E-state index contributed by atoms with van der Waals surface area (Å²) in [6.07, 6.45) is 9.49. The summed E-state index contributed by atoms with van der Waals surface area (Å²) in [5, 5.41) is 4.49. The van der Waals surface area contributed by atoms with Crippen molar-refractivity contribution < 1.29 is 4.74 Å². The summed E-state index contributed by atoms with van der Waals surface area (Å²) < 4.78 is 11.2. The van der Waals surface area contributed by atoms with E-state index in [-0.39, 0.29) is 5.82 Å². The second-order valence-electron chi connectivity index (χ2n) is 7.90. The first-order valence-electron chi connectivity index (χ1n) is 10.4. The van der Waals surface area contributed by atoms with Crippen LogP contribution < -0.4 is 15.2 Å². The van der Waals surface area contributed by atoms with Gasteiger partial charge >= 0.3 is 0 Å². The molecule has 0 unspecified atom stereocenters. The van der Waals surface area contributed by atoms with Crippen molar-refractivity contribution in [2.24, 2.45) is 0 Å². The highest BCUT2D eigenvalue weighted by molar-refractivity contribution is 7.96. The summed E-state index contributed by atoms with van der Waals surface area (Å²) in [5.41, 5.74) is 10.2. The van der Waals surface area contributed by atoms with Crippen molar-refractivity contribution in [2.45, 2.75) is 32.4 Å². The average Bonchev–Trinajstić information content (AvgIpc) is 3.23. The van der Waals surface area contributed by atoms with Gasteiger partial charge in [0.1, 0.15) is 0 Å². The highest BCUT2D eigenvalue weighted by Crippen LogP contribution is 2.29. The van der Waals surface area contributed by atoms with E-state index in [1.165, 1.54) is 11.1 Å². The molecule has 2 aromatic heterocycles. The van der Waals surface area contributed by atoms with Gasteiger partial charge in [-0.2, -0.15) is 5.10 Å². The lowest BCUT2D eigenvalue weighted by molar-refractivity contribution is 0.212. The highest BCUT2D eigenvalue weighted by Gasteiger charge is 2.19. The van der Waals surface area contributed by atoms with E-state index < -0.39 is 0 Å². The van der Waals surface area contributed by atoms with E-state index in [1.807, 2.05) is 23.2 Å². The van der Waals surface area contributed by atoms with Crippen molar-refractivity contribution in [3.8, 4) is 22.9 Å². The Morgan fingerprint density at radius 2 is 2.06 bits per heavy atom. The first-order chi connectivity index (χ1) is 15.0. The van der Waals surface area contributed by atoms with Crippen molar-refractivity contribution in [2.75, 3.05) is 32.1 Å². The number of nitrogens with two attached hydrogens (primary N) is 1. The van der Waals surface area contributed by atoms with E-state index in [9.17, 15) is 0 Å². The van der Waals surface area contributed by atoms with Gasteiger partial charge in [-0.05, 0) is 63.4 Å². The smallest absolute Gasteiger partial charge is 0.263 e. The molecule has 9 heteroatoms. The fraction of sp³-hybridized carbons (Fsp3) is 0.409. The number of rotatable bonds is 7. The zero-order chi connectivity index (χ0) is 21.8. The molecule has 0 radical (unpaired) electrons. The van der Waals surface area contributed by atoms with E-state index in [4.69, 9.17) is 10.5 Å². The van der Waals surface area contributed by atoms with Crippen LogP contribution in [0.3, 0.4) is 0 Å². The largest absolute Gasteiger partial charge is 0.433 e. The van der Waals surface area contributed by atoms with Crippen molar-refractivity contribution in [3.63, 3.8) is 0 Å². The fourth-order valence-electron chi connectivity index (χ4n) is 3.74. The van der Waals surface area contributed by atoms with Crippen LogP contribution in [0.15, 0.2) is 36.8 Å². The fourth-order valence-corrected chi connectivity index (χ4v) is 4.04. The molecular formula is C22H29N7OS. The molecule has 3 heterocycles. The number of aromatic nitrogens is 4. The maximum Gasteiger partial charge on any atom is 0.263 e. The van der Waals surface area contributed by atoms with Crippen LogP contribution >= 0.6 is 11.9 Å². The lowest BCUT2D eigenvalue weighted by Gasteiger charge is -2.28. The third kappa shape index (κ3) is 5.17. The Hall–Kier alpha value is -2.62. The number of nitrogens with zero attached hydrogens (tertiary/aromatic N) is 5. The van der Waals surface area contributed by atoms with Crippen molar-refractivity contribution in [3.05, 3.63) is 47.9 Å². The second-order valence-corrected chi connectivity index (χ2v) is 8.60. The number of hydrogen-bond donors (Lipinski definition) is 2. The number of likely N-dealkylation sites (tertiary alicyclic amines) is 1. The molecule has 3 N–H and O–H groups in total. The van der Waals surface area contributed by atoms with Gasteiger partial charge in [0.05, 0.1) is 30.3 Å². The number of hydrogen-bond acceptors (Lipinski definition) is 8. The summed E-state index contributed by atoms with van der Waals surface area (Å²) in [4.78, 5) is 11.3. The zero-order valence-corrected chi connectivity index (χ0v) is 19.0. The third-order valence-corrected chi connectivity index (χ3v) is 6.10. The van der Waals surface area contributed by atoms with Crippen LogP contribution in [0.25, 0.3) is 11.3 Å². The van der Waals surface area contributed by atoms with Gasteiger partial charge < -0.3 is 15.4 Å². The topological polar surface area (TPSA) is 94.1 Å². The highest BCUT2D eigenvalue weighted by atomic mass is 32.2. The van der Waals surface area contributed by atoms with Gasteiger partial charge in [-0.25, -0.2) is 9.97 Å². The Morgan fingerprint density at radius 3 is 2.81 bits per heavy atom. The molecule has 0 spiro atoms. The van der Waals surface area contributed by atoms with Crippen LogP contribution in [0.5, 0.6) is 11.6 Å². The molecule has 164 valence electrons. The summed E-state index contributed by atoms with van der Waals surface area (Å²) in [7, 11) is 2.15. The molecule has 1 aliphatic heterocycles. The molecule has 1 aliphatic rings. The quantitative estimate of drug-likeness (QED) is 0.539. The molecule has 0 bridgehead atoms. The van der Waals surface area contributed by atoms with Crippen molar-refractivity contribution in [1.29, 1.82) is 0 Å². The molecule has 0 atom stereocenters. The number of anilines is 1. The maximum absolute atomic E-state index is 6.05. The summed E-state index contributed by atoms with van der Waals surface area (Å²) in [5.74, 6) is 1.17.